The van der Waals surface area contributed by atoms with Crippen LogP contribution < -0.4 is 9.47 Å². The number of hydrogen-bond donors (Lipinski definition) is 0. The van der Waals surface area contributed by atoms with Crippen LogP contribution in [0.1, 0.15) is 21.5 Å². The van der Waals surface area contributed by atoms with E-state index >= 15 is 0 Å². The summed E-state index contributed by atoms with van der Waals surface area (Å²) in [7, 11) is 2.98. The molecule has 6 heteroatoms. The van der Waals surface area contributed by atoms with Crippen LogP contribution in [0.25, 0.3) is 11.0 Å². The smallest absolute Gasteiger partial charge is 0.310 e. The van der Waals surface area contributed by atoms with Crippen LogP contribution in [-0.2, 0) is 16.0 Å². The molecule has 0 amide bonds. The minimum absolute atomic E-state index is 0.0264. The van der Waals surface area contributed by atoms with Crippen molar-refractivity contribution < 1.29 is 28.2 Å². The first kappa shape index (κ1) is 18.5. The number of ether oxygens (including phenoxy) is 3. The van der Waals surface area contributed by atoms with Crippen LogP contribution in [0, 0.1) is 6.92 Å². The Labute approximate surface area is 156 Å². The van der Waals surface area contributed by atoms with E-state index in [1.54, 1.807) is 18.2 Å². The normalized spacial score (nSPS) is 10.6. The number of carbonyl (C=O) groups excluding carboxylic acids is 2. The fraction of sp³-hybridized carbons (Fsp3) is 0.238. The van der Waals surface area contributed by atoms with Gasteiger partial charge in [0.05, 0.1) is 32.5 Å². The molecule has 0 N–H and O–H groups in total. The molecule has 3 aromatic rings. The van der Waals surface area contributed by atoms with E-state index in [-0.39, 0.29) is 18.8 Å². The van der Waals surface area contributed by atoms with Crippen molar-refractivity contribution in [2.24, 2.45) is 0 Å². The average molecular weight is 368 g/mol. The molecular formula is C21H20O6. The van der Waals surface area contributed by atoms with Crippen LogP contribution in [0.4, 0.5) is 0 Å². The van der Waals surface area contributed by atoms with Gasteiger partial charge in [-0.25, -0.2) is 0 Å². The quantitative estimate of drug-likeness (QED) is 0.467. The highest BCUT2D eigenvalue weighted by atomic mass is 16.5. The Kier molecular flexibility index (Phi) is 5.45. The standard InChI is InChI=1S/C21H20O6/c1-13-4-6-16-14(11-26-20(16)8-13)9-21(23)27-12-18(22)17-10-15(24-2)5-7-19(17)25-3/h4-8,10-11H,9,12H2,1-3H3. The molecule has 0 aliphatic heterocycles. The van der Waals surface area contributed by atoms with Crippen molar-refractivity contribution in [2.45, 2.75) is 13.3 Å². The van der Waals surface area contributed by atoms with Crippen LogP contribution in [0.3, 0.4) is 0 Å². The Morgan fingerprint density at radius 2 is 1.85 bits per heavy atom. The summed E-state index contributed by atoms with van der Waals surface area (Å²) in [6.45, 7) is 1.59. The molecule has 27 heavy (non-hydrogen) atoms. The molecule has 0 saturated heterocycles. The van der Waals surface area contributed by atoms with Crippen LogP contribution in [-0.4, -0.2) is 32.6 Å². The van der Waals surface area contributed by atoms with Gasteiger partial charge in [0.2, 0.25) is 5.78 Å². The number of carbonyl (C=O) groups is 2. The van der Waals surface area contributed by atoms with Gasteiger partial charge in [0.15, 0.2) is 6.61 Å². The topological polar surface area (TPSA) is 75.0 Å². The highest BCUT2D eigenvalue weighted by molar-refractivity contribution is 6.01. The average Bonchev–Trinajstić information content (AvgIpc) is 3.07. The fourth-order valence-electron chi connectivity index (χ4n) is 2.79. The van der Waals surface area contributed by atoms with Gasteiger partial charge in [-0.2, -0.15) is 0 Å². The maximum Gasteiger partial charge on any atom is 0.310 e. The Balaban J connectivity index is 1.66. The summed E-state index contributed by atoms with van der Waals surface area (Å²) >= 11 is 0. The maximum atomic E-state index is 12.4. The van der Waals surface area contributed by atoms with E-state index in [9.17, 15) is 9.59 Å². The SMILES string of the molecule is COc1ccc(OC)c(C(=O)COC(=O)Cc2coc3cc(C)ccc23)c1. The summed E-state index contributed by atoms with van der Waals surface area (Å²) in [6, 6.07) is 10.6. The number of esters is 1. The summed E-state index contributed by atoms with van der Waals surface area (Å²) in [4.78, 5) is 24.6. The molecule has 0 bridgehead atoms. The number of Topliss-reactive ketones (excluding diaryl/α,β-unsaturated/α-hetero) is 1. The lowest BCUT2D eigenvalue weighted by atomic mass is 10.1. The minimum atomic E-state index is -0.506. The summed E-state index contributed by atoms with van der Waals surface area (Å²) < 4.78 is 20.9. The van der Waals surface area contributed by atoms with Gasteiger partial charge < -0.3 is 18.6 Å². The van der Waals surface area contributed by atoms with Crippen LogP contribution in [0.5, 0.6) is 11.5 Å². The van der Waals surface area contributed by atoms with Crippen molar-refractivity contribution in [1.82, 2.24) is 0 Å². The van der Waals surface area contributed by atoms with E-state index < -0.39 is 5.97 Å². The third kappa shape index (κ3) is 4.11. The first-order chi connectivity index (χ1) is 13.0. The van der Waals surface area contributed by atoms with Crippen LogP contribution in [0.2, 0.25) is 0 Å². The molecule has 2 aromatic carbocycles. The van der Waals surface area contributed by atoms with E-state index in [0.29, 0.717) is 17.1 Å². The van der Waals surface area contributed by atoms with Gasteiger partial charge >= 0.3 is 5.97 Å². The molecule has 0 unspecified atom stereocenters. The zero-order valence-electron chi connectivity index (χ0n) is 15.4. The van der Waals surface area contributed by atoms with Crippen molar-refractivity contribution >= 4 is 22.7 Å². The number of hydrogen-bond acceptors (Lipinski definition) is 6. The Hall–Kier alpha value is -3.28. The van der Waals surface area contributed by atoms with E-state index in [1.165, 1.54) is 20.5 Å². The predicted molar refractivity (Wildman–Crippen MR) is 99.5 cm³/mol. The minimum Gasteiger partial charge on any atom is -0.497 e. The lowest BCUT2D eigenvalue weighted by Gasteiger charge is -2.10. The number of benzene rings is 2. The number of fused-ring (bicyclic) bond motifs is 1. The van der Waals surface area contributed by atoms with Crippen molar-refractivity contribution in [2.75, 3.05) is 20.8 Å². The molecule has 0 aliphatic rings. The second-order valence-corrected chi connectivity index (χ2v) is 6.09. The predicted octanol–water partition coefficient (Wildman–Crippen LogP) is 3.73. The van der Waals surface area contributed by atoms with Gasteiger partial charge in [-0.15, -0.1) is 0 Å². The Bertz CT molecular complexity index is 986. The lowest BCUT2D eigenvalue weighted by Crippen LogP contribution is -2.16. The zero-order valence-corrected chi connectivity index (χ0v) is 15.4. The number of methoxy groups -OCH3 is 2. The number of rotatable bonds is 7. The largest absolute Gasteiger partial charge is 0.497 e. The maximum absolute atomic E-state index is 12.4. The van der Waals surface area contributed by atoms with Crippen molar-refractivity contribution in [1.29, 1.82) is 0 Å². The second-order valence-electron chi connectivity index (χ2n) is 6.09. The van der Waals surface area contributed by atoms with Crippen LogP contribution in [0.15, 0.2) is 47.1 Å². The summed E-state index contributed by atoms with van der Waals surface area (Å²) in [5.41, 5.74) is 2.81. The third-order valence-electron chi connectivity index (χ3n) is 4.22. The van der Waals surface area contributed by atoms with Crippen molar-refractivity contribution in [3.05, 3.63) is 59.4 Å². The molecule has 0 spiro atoms. The zero-order chi connectivity index (χ0) is 19.4. The number of aryl methyl sites for hydroxylation is 1. The molecule has 0 radical (unpaired) electrons. The van der Waals surface area contributed by atoms with Gasteiger partial charge in [0.1, 0.15) is 17.1 Å². The van der Waals surface area contributed by atoms with E-state index in [2.05, 4.69) is 0 Å². The third-order valence-corrected chi connectivity index (χ3v) is 4.22. The highest BCUT2D eigenvalue weighted by Gasteiger charge is 2.17. The molecule has 0 atom stereocenters. The summed E-state index contributed by atoms with van der Waals surface area (Å²) in [5.74, 6) is 0.0407. The first-order valence-corrected chi connectivity index (χ1v) is 8.39. The first-order valence-electron chi connectivity index (χ1n) is 8.39. The fourth-order valence-corrected chi connectivity index (χ4v) is 2.79. The molecule has 0 aliphatic carbocycles. The van der Waals surface area contributed by atoms with E-state index in [0.717, 1.165) is 22.1 Å². The molecule has 1 heterocycles. The van der Waals surface area contributed by atoms with E-state index in [1.807, 2.05) is 25.1 Å². The van der Waals surface area contributed by atoms with E-state index in [4.69, 9.17) is 18.6 Å². The summed E-state index contributed by atoms with van der Waals surface area (Å²) in [5, 5.41) is 0.860. The lowest BCUT2D eigenvalue weighted by molar-refractivity contribution is -0.141. The molecule has 0 fully saturated rings. The van der Waals surface area contributed by atoms with Gasteiger partial charge in [0.25, 0.3) is 0 Å². The van der Waals surface area contributed by atoms with Gasteiger partial charge in [-0.1, -0.05) is 12.1 Å². The molecule has 1 aromatic heterocycles. The van der Waals surface area contributed by atoms with Crippen molar-refractivity contribution in [3.8, 4) is 11.5 Å². The van der Waals surface area contributed by atoms with Crippen LogP contribution >= 0.6 is 0 Å². The molecule has 6 nitrogen and oxygen atoms in total. The van der Waals surface area contributed by atoms with Crippen molar-refractivity contribution in [3.63, 3.8) is 0 Å². The number of furan rings is 1. The molecular weight excluding hydrogens is 348 g/mol. The monoisotopic (exact) mass is 368 g/mol. The second kappa shape index (κ2) is 7.95. The highest BCUT2D eigenvalue weighted by Crippen LogP contribution is 2.25. The molecule has 140 valence electrons. The Morgan fingerprint density at radius 1 is 1.04 bits per heavy atom. The van der Waals surface area contributed by atoms with Gasteiger partial charge in [-0.3, -0.25) is 9.59 Å². The number of ketones is 1. The summed E-state index contributed by atoms with van der Waals surface area (Å²) in [6.07, 6.45) is 1.57. The Morgan fingerprint density at radius 3 is 2.59 bits per heavy atom. The van der Waals surface area contributed by atoms with Gasteiger partial charge in [0, 0.05) is 10.9 Å². The molecule has 3 rings (SSSR count). The van der Waals surface area contributed by atoms with Gasteiger partial charge in [-0.05, 0) is 36.8 Å². The molecule has 0 saturated carbocycles.